The molecule has 0 bridgehead atoms. The first kappa shape index (κ1) is 25.2. The average molecular weight is 563 g/mol. The van der Waals surface area contributed by atoms with Crippen LogP contribution in [0.15, 0.2) is 78.3 Å². The second kappa shape index (κ2) is 11.0. The van der Waals surface area contributed by atoms with Crippen molar-refractivity contribution < 1.29 is 18.7 Å². The van der Waals surface area contributed by atoms with Gasteiger partial charge >= 0.3 is 6.09 Å². The van der Waals surface area contributed by atoms with Gasteiger partial charge in [0.2, 0.25) is 0 Å². The minimum absolute atomic E-state index is 0.282. The molecule has 0 spiro atoms. The van der Waals surface area contributed by atoms with Crippen molar-refractivity contribution in [2.75, 3.05) is 25.0 Å². The van der Waals surface area contributed by atoms with Crippen LogP contribution < -0.4 is 14.8 Å². The molecule has 0 radical (unpaired) electrons. The number of amides is 1. The third kappa shape index (κ3) is 5.41. The first-order chi connectivity index (χ1) is 19.0. The average Bonchev–Trinajstić information content (AvgIpc) is 3.60. The lowest BCUT2D eigenvalue weighted by molar-refractivity contribution is 0.135. The van der Waals surface area contributed by atoms with Crippen LogP contribution in [-0.4, -0.2) is 40.7 Å². The van der Waals surface area contributed by atoms with Gasteiger partial charge in [-0.1, -0.05) is 23.7 Å². The van der Waals surface area contributed by atoms with Crippen LogP contribution in [0.25, 0.3) is 10.9 Å². The highest BCUT2D eigenvalue weighted by Crippen LogP contribution is 2.40. The molecule has 10 heteroatoms. The summed E-state index contributed by atoms with van der Waals surface area (Å²) in [4.78, 5) is 22.8. The van der Waals surface area contributed by atoms with Crippen LogP contribution in [0.1, 0.15) is 22.9 Å². The van der Waals surface area contributed by atoms with E-state index >= 15 is 0 Å². The fourth-order valence-corrected chi connectivity index (χ4v) is 5.58. The number of carbonyl (C=O) groups excluding carboxylic acids is 1. The molecule has 1 amide bonds. The summed E-state index contributed by atoms with van der Waals surface area (Å²) in [5.74, 6) is 0.609. The molecule has 0 aliphatic carbocycles. The summed E-state index contributed by atoms with van der Waals surface area (Å²) in [7, 11) is 0. The summed E-state index contributed by atoms with van der Waals surface area (Å²) in [6, 6.07) is 18.5. The highest BCUT2D eigenvalue weighted by molar-refractivity contribution is 7.13. The largest absolute Gasteiger partial charge is 0.492 e. The van der Waals surface area contributed by atoms with E-state index in [4.69, 9.17) is 21.1 Å². The number of hydrogen-bond donors (Lipinski definition) is 2. The fraction of sp³-hybridized carbons (Fsp3) is 0.172. The number of benzene rings is 3. The Morgan fingerprint density at radius 3 is 2.69 bits per heavy atom. The summed E-state index contributed by atoms with van der Waals surface area (Å²) in [5, 5.41) is 7.69. The van der Waals surface area contributed by atoms with Gasteiger partial charge in [0, 0.05) is 39.7 Å². The van der Waals surface area contributed by atoms with Gasteiger partial charge < -0.3 is 19.8 Å². The lowest BCUT2D eigenvalue weighted by Crippen LogP contribution is -2.42. The van der Waals surface area contributed by atoms with Crippen LogP contribution in [0.4, 0.5) is 14.3 Å². The van der Waals surface area contributed by atoms with E-state index in [2.05, 4.69) is 15.3 Å². The summed E-state index contributed by atoms with van der Waals surface area (Å²) < 4.78 is 24.9. The normalized spacial score (nSPS) is 14.7. The second-order valence-corrected chi connectivity index (χ2v) is 10.4. The van der Waals surface area contributed by atoms with Crippen molar-refractivity contribution in [2.45, 2.75) is 12.5 Å². The predicted molar refractivity (Wildman–Crippen MR) is 151 cm³/mol. The molecular weight excluding hydrogens is 539 g/mol. The monoisotopic (exact) mass is 562 g/mol. The maximum Gasteiger partial charge on any atom is 0.416 e. The number of aromatic nitrogens is 2. The number of carbonyl (C=O) groups is 1. The standard InChI is InChI=1S/C29H24ClFN4O3S/c30-19-3-10-25-24(17-19)23-11-14-35(29(36)38-22-8-4-20(31)5-9-22)27(26(23)34-25)18-1-6-21(7-2-18)37-15-12-32-28-33-13-16-39-28/h1-10,13,16-17,27,34H,11-12,14-15H2,(H,32,33)/t27-/m0/s1. The van der Waals surface area contributed by atoms with E-state index in [0.717, 1.165) is 38.6 Å². The number of fused-ring (bicyclic) bond motifs is 3. The van der Waals surface area contributed by atoms with Crippen LogP contribution >= 0.6 is 22.9 Å². The number of ether oxygens (including phenoxy) is 2. The fourth-order valence-electron chi connectivity index (χ4n) is 4.85. The van der Waals surface area contributed by atoms with Crippen molar-refractivity contribution in [1.29, 1.82) is 0 Å². The van der Waals surface area contributed by atoms with Crippen LogP contribution in [0.2, 0.25) is 5.02 Å². The quantitative estimate of drug-likeness (QED) is 0.208. The molecule has 2 aromatic heterocycles. The van der Waals surface area contributed by atoms with Crippen molar-refractivity contribution in [1.82, 2.24) is 14.9 Å². The van der Waals surface area contributed by atoms with Gasteiger partial charge in [0.1, 0.15) is 30.0 Å². The Morgan fingerprint density at radius 2 is 1.92 bits per heavy atom. The molecule has 39 heavy (non-hydrogen) atoms. The highest BCUT2D eigenvalue weighted by Gasteiger charge is 2.35. The number of anilines is 1. The van der Waals surface area contributed by atoms with Crippen LogP contribution in [0.3, 0.4) is 0 Å². The first-order valence-electron chi connectivity index (χ1n) is 12.5. The Hall–Kier alpha value is -4.08. The van der Waals surface area contributed by atoms with Gasteiger partial charge in [-0.25, -0.2) is 14.2 Å². The number of aromatic amines is 1. The van der Waals surface area contributed by atoms with Crippen molar-refractivity contribution in [3.8, 4) is 11.5 Å². The molecule has 0 unspecified atom stereocenters. The molecule has 198 valence electrons. The molecule has 7 nitrogen and oxygen atoms in total. The van der Waals surface area contributed by atoms with E-state index in [9.17, 15) is 9.18 Å². The van der Waals surface area contributed by atoms with Crippen molar-refractivity contribution in [2.24, 2.45) is 0 Å². The van der Waals surface area contributed by atoms with Gasteiger partial charge in [0.05, 0.1) is 6.54 Å². The third-order valence-electron chi connectivity index (χ3n) is 6.62. The van der Waals surface area contributed by atoms with Gasteiger partial charge in [-0.2, -0.15) is 0 Å². The minimum Gasteiger partial charge on any atom is -0.492 e. The van der Waals surface area contributed by atoms with E-state index in [1.54, 1.807) is 11.1 Å². The molecule has 3 aromatic carbocycles. The molecule has 1 atom stereocenters. The molecule has 0 saturated heterocycles. The maximum atomic E-state index is 13.4. The Morgan fingerprint density at radius 1 is 1.13 bits per heavy atom. The number of hydrogen-bond acceptors (Lipinski definition) is 6. The number of nitrogens with one attached hydrogen (secondary N) is 2. The predicted octanol–water partition coefficient (Wildman–Crippen LogP) is 7.05. The number of H-pyrrole nitrogens is 1. The zero-order chi connectivity index (χ0) is 26.8. The third-order valence-corrected chi connectivity index (χ3v) is 7.58. The zero-order valence-corrected chi connectivity index (χ0v) is 22.3. The number of nitrogens with zero attached hydrogens (tertiary/aromatic N) is 2. The Kier molecular flexibility index (Phi) is 7.08. The second-order valence-electron chi connectivity index (χ2n) is 9.06. The Balaban J connectivity index is 1.26. The zero-order valence-electron chi connectivity index (χ0n) is 20.7. The molecule has 0 saturated carbocycles. The Bertz CT molecular complexity index is 1590. The Labute approximate surface area is 233 Å². The van der Waals surface area contributed by atoms with Gasteiger partial charge in [0.25, 0.3) is 0 Å². The number of halogens is 2. The minimum atomic E-state index is -0.512. The number of rotatable bonds is 7. The van der Waals surface area contributed by atoms with Gasteiger partial charge in [-0.05, 0) is 72.1 Å². The summed E-state index contributed by atoms with van der Waals surface area (Å²) in [6.07, 6.45) is 1.88. The molecule has 2 N–H and O–H groups in total. The van der Waals surface area contributed by atoms with Crippen molar-refractivity contribution >= 4 is 45.1 Å². The lowest BCUT2D eigenvalue weighted by atomic mass is 9.92. The van der Waals surface area contributed by atoms with E-state index in [-0.39, 0.29) is 5.75 Å². The SMILES string of the molecule is O=C(Oc1ccc(F)cc1)N1CCc2c([nH]c3ccc(Cl)cc23)[C@@H]1c1ccc(OCCNc2nccs2)cc1. The van der Waals surface area contributed by atoms with Crippen molar-refractivity contribution in [3.63, 3.8) is 0 Å². The summed E-state index contributed by atoms with van der Waals surface area (Å²) in [5.41, 5.74) is 3.89. The summed E-state index contributed by atoms with van der Waals surface area (Å²) >= 11 is 7.84. The molecular formula is C29H24ClFN4O3S. The molecule has 0 fully saturated rings. The van der Waals surface area contributed by atoms with Crippen LogP contribution in [-0.2, 0) is 6.42 Å². The van der Waals surface area contributed by atoms with Gasteiger partial charge in [-0.15, -0.1) is 11.3 Å². The van der Waals surface area contributed by atoms with Gasteiger partial charge in [0.15, 0.2) is 5.13 Å². The highest BCUT2D eigenvalue weighted by atomic mass is 35.5. The van der Waals surface area contributed by atoms with E-state index < -0.39 is 18.0 Å². The molecule has 5 aromatic rings. The lowest BCUT2D eigenvalue weighted by Gasteiger charge is -2.35. The van der Waals surface area contributed by atoms with E-state index in [0.29, 0.717) is 31.1 Å². The van der Waals surface area contributed by atoms with Crippen molar-refractivity contribution in [3.05, 3.63) is 106 Å². The maximum absolute atomic E-state index is 13.4. The summed E-state index contributed by atoms with van der Waals surface area (Å²) in [6.45, 7) is 1.55. The van der Waals surface area contributed by atoms with Crippen LogP contribution in [0.5, 0.6) is 11.5 Å². The topological polar surface area (TPSA) is 79.5 Å². The van der Waals surface area contributed by atoms with E-state index in [1.165, 1.54) is 35.6 Å². The first-order valence-corrected chi connectivity index (χ1v) is 13.7. The molecule has 1 aliphatic heterocycles. The van der Waals surface area contributed by atoms with E-state index in [1.807, 2.05) is 47.8 Å². The molecule has 3 heterocycles. The molecule has 1 aliphatic rings. The van der Waals surface area contributed by atoms with Crippen LogP contribution in [0, 0.1) is 5.82 Å². The number of thiazole rings is 1. The molecule has 6 rings (SSSR count). The van der Waals surface area contributed by atoms with Gasteiger partial charge in [-0.3, -0.25) is 4.90 Å². The smallest absolute Gasteiger partial charge is 0.416 e.